The van der Waals surface area contributed by atoms with Crippen molar-refractivity contribution in [3.05, 3.63) is 29.8 Å². The van der Waals surface area contributed by atoms with Gasteiger partial charge in [0.05, 0.1) is 0 Å². The number of nitrogens with zero attached hydrogens (tertiary/aromatic N) is 2. The first-order valence-corrected chi connectivity index (χ1v) is 7.92. The number of carbonyl (C=O) groups is 1. The first kappa shape index (κ1) is 15.8. The summed E-state index contributed by atoms with van der Waals surface area (Å²) < 4.78 is 0. The second-order valence-corrected chi connectivity index (χ2v) is 5.98. The smallest absolute Gasteiger partial charge is 0.225 e. The molecule has 1 aromatic rings. The van der Waals surface area contributed by atoms with E-state index in [2.05, 4.69) is 36.1 Å². The Labute approximate surface area is 127 Å². The molecule has 1 heterocycles. The van der Waals surface area contributed by atoms with Crippen LogP contribution < -0.4 is 10.6 Å². The summed E-state index contributed by atoms with van der Waals surface area (Å²) in [7, 11) is 0. The third-order valence-electron chi connectivity index (χ3n) is 4.22. The number of carbonyl (C=O) groups excluding carboxylic acids is 1. The predicted octanol–water partition coefficient (Wildman–Crippen LogP) is 2.02. The first-order valence-electron chi connectivity index (χ1n) is 7.92. The van der Waals surface area contributed by atoms with E-state index < -0.39 is 0 Å². The van der Waals surface area contributed by atoms with E-state index in [0.717, 1.165) is 39.0 Å². The lowest BCUT2D eigenvalue weighted by Gasteiger charge is -2.37. The van der Waals surface area contributed by atoms with Gasteiger partial charge in [-0.25, -0.2) is 0 Å². The average Bonchev–Trinajstić information content (AvgIpc) is 2.52. The van der Waals surface area contributed by atoms with Crippen LogP contribution in [-0.4, -0.2) is 43.5 Å². The van der Waals surface area contributed by atoms with Gasteiger partial charge in [-0.15, -0.1) is 0 Å². The number of hydrogen-bond donors (Lipinski definition) is 1. The largest absolute Gasteiger partial charge is 0.368 e. The quantitative estimate of drug-likeness (QED) is 0.902. The lowest BCUT2D eigenvalue weighted by atomic mass is 10.0. The highest BCUT2D eigenvalue weighted by atomic mass is 16.2. The van der Waals surface area contributed by atoms with Crippen LogP contribution in [0.25, 0.3) is 0 Å². The molecule has 21 heavy (non-hydrogen) atoms. The molecule has 0 aliphatic carbocycles. The Morgan fingerprint density at radius 3 is 2.62 bits per heavy atom. The third kappa shape index (κ3) is 4.21. The summed E-state index contributed by atoms with van der Waals surface area (Å²) in [5.41, 5.74) is 8.06. The lowest BCUT2D eigenvalue weighted by molar-refractivity contribution is -0.135. The number of amides is 1. The van der Waals surface area contributed by atoms with Crippen molar-refractivity contribution in [2.45, 2.75) is 26.7 Å². The summed E-state index contributed by atoms with van der Waals surface area (Å²) in [6.45, 7) is 8.27. The second-order valence-electron chi connectivity index (χ2n) is 5.98. The van der Waals surface area contributed by atoms with Gasteiger partial charge in [0.25, 0.3) is 0 Å². The molecule has 4 heteroatoms. The number of hydrogen-bond acceptors (Lipinski definition) is 3. The van der Waals surface area contributed by atoms with Gasteiger partial charge in [0.2, 0.25) is 5.91 Å². The van der Waals surface area contributed by atoms with Crippen LogP contribution in [0.5, 0.6) is 0 Å². The number of benzene rings is 1. The summed E-state index contributed by atoms with van der Waals surface area (Å²) in [4.78, 5) is 16.7. The minimum atomic E-state index is 0.0964. The normalized spacial score (nSPS) is 16.9. The fraction of sp³-hybridized carbons (Fsp3) is 0.588. The molecule has 1 amide bonds. The van der Waals surface area contributed by atoms with Crippen LogP contribution in [0.3, 0.4) is 0 Å². The lowest BCUT2D eigenvalue weighted by Crippen LogP contribution is -2.50. The fourth-order valence-electron chi connectivity index (χ4n) is 2.87. The van der Waals surface area contributed by atoms with Gasteiger partial charge >= 0.3 is 0 Å². The van der Waals surface area contributed by atoms with Crippen molar-refractivity contribution in [3.8, 4) is 0 Å². The minimum absolute atomic E-state index is 0.0964. The van der Waals surface area contributed by atoms with Crippen LogP contribution in [0, 0.1) is 12.8 Å². The summed E-state index contributed by atoms with van der Waals surface area (Å²) >= 11 is 0. The number of rotatable bonds is 5. The Kier molecular flexibility index (Phi) is 5.62. The van der Waals surface area contributed by atoms with Gasteiger partial charge < -0.3 is 15.5 Å². The standard InChI is InChI=1S/C17H27N3O/c1-14-5-3-7-16(13-14)19-9-11-20(12-10-19)17(21)15(2)6-4-8-18/h3,5,7,13,15H,4,6,8-12,18H2,1-2H3. The summed E-state index contributed by atoms with van der Waals surface area (Å²) in [6.07, 6.45) is 1.82. The predicted molar refractivity (Wildman–Crippen MR) is 87.4 cm³/mol. The van der Waals surface area contributed by atoms with E-state index in [1.54, 1.807) is 0 Å². The summed E-state index contributed by atoms with van der Waals surface area (Å²) in [6, 6.07) is 8.56. The monoisotopic (exact) mass is 289 g/mol. The van der Waals surface area contributed by atoms with E-state index in [0.29, 0.717) is 6.54 Å². The van der Waals surface area contributed by atoms with Crippen LogP contribution in [0.2, 0.25) is 0 Å². The van der Waals surface area contributed by atoms with Gasteiger partial charge in [0, 0.05) is 37.8 Å². The highest BCUT2D eigenvalue weighted by Crippen LogP contribution is 2.19. The molecule has 0 aromatic heterocycles. The molecule has 1 atom stereocenters. The fourth-order valence-corrected chi connectivity index (χ4v) is 2.87. The van der Waals surface area contributed by atoms with Crippen molar-refractivity contribution < 1.29 is 4.79 Å². The summed E-state index contributed by atoms with van der Waals surface area (Å²) in [5, 5.41) is 0. The number of piperazine rings is 1. The zero-order chi connectivity index (χ0) is 15.2. The van der Waals surface area contributed by atoms with E-state index >= 15 is 0 Å². The zero-order valence-electron chi connectivity index (χ0n) is 13.2. The van der Waals surface area contributed by atoms with Gasteiger partial charge in [-0.1, -0.05) is 19.1 Å². The van der Waals surface area contributed by atoms with Crippen molar-refractivity contribution in [3.63, 3.8) is 0 Å². The Hall–Kier alpha value is -1.55. The molecule has 1 aliphatic rings. The van der Waals surface area contributed by atoms with Gasteiger partial charge in [-0.3, -0.25) is 4.79 Å². The van der Waals surface area contributed by atoms with E-state index in [4.69, 9.17) is 5.73 Å². The van der Waals surface area contributed by atoms with E-state index in [1.807, 2.05) is 11.8 Å². The maximum Gasteiger partial charge on any atom is 0.225 e. The van der Waals surface area contributed by atoms with E-state index in [-0.39, 0.29) is 11.8 Å². The molecule has 1 unspecified atom stereocenters. The SMILES string of the molecule is Cc1cccc(N2CCN(C(=O)C(C)CCCN)CC2)c1. The van der Waals surface area contributed by atoms with Crippen LogP contribution in [0.1, 0.15) is 25.3 Å². The van der Waals surface area contributed by atoms with Crippen molar-refractivity contribution >= 4 is 11.6 Å². The van der Waals surface area contributed by atoms with Gasteiger partial charge in [0.1, 0.15) is 0 Å². The average molecular weight is 289 g/mol. The van der Waals surface area contributed by atoms with Crippen molar-refractivity contribution in [2.24, 2.45) is 11.7 Å². The molecule has 1 aromatic carbocycles. The molecule has 116 valence electrons. The van der Waals surface area contributed by atoms with Crippen molar-refractivity contribution in [2.75, 3.05) is 37.6 Å². The molecule has 0 spiro atoms. The highest BCUT2D eigenvalue weighted by Gasteiger charge is 2.24. The molecule has 4 nitrogen and oxygen atoms in total. The molecule has 1 aliphatic heterocycles. The Balaban J connectivity index is 1.87. The number of anilines is 1. The van der Waals surface area contributed by atoms with Crippen molar-refractivity contribution in [1.82, 2.24) is 4.90 Å². The first-order chi connectivity index (χ1) is 10.1. The second kappa shape index (κ2) is 7.46. The Bertz CT molecular complexity index is 467. The third-order valence-corrected chi connectivity index (χ3v) is 4.22. The highest BCUT2D eigenvalue weighted by molar-refractivity contribution is 5.78. The number of nitrogens with two attached hydrogens (primary N) is 1. The molecular formula is C17H27N3O. The van der Waals surface area contributed by atoms with Crippen LogP contribution in [0.15, 0.2) is 24.3 Å². The van der Waals surface area contributed by atoms with E-state index in [9.17, 15) is 4.79 Å². The molecule has 2 N–H and O–H groups in total. The number of aryl methyl sites for hydroxylation is 1. The van der Waals surface area contributed by atoms with Gasteiger partial charge in [-0.05, 0) is 44.0 Å². The molecule has 0 bridgehead atoms. The maximum absolute atomic E-state index is 12.4. The molecule has 1 saturated heterocycles. The van der Waals surface area contributed by atoms with E-state index in [1.165, 1.54) is 11.3 Å². The molecular weight excluding hydrogens is 262 g/mol. The summed E-state index contributed by atoms with van der Waals surface area (Å²) in [5.74, 6) is 0.381. The Morgan fingerprint density at radius 1 is 1.29 bits per heavy atom. The minimum Gasteiger partial charge on any atom is -0.368 e. The zero-order valence-corrected chi connectivity index (χ0v) is 13.2. The van der Waals surface area contributed by atoms with Gasteiger partial charge in [0.15, 0.2) is 0 Å². The Morgan fingerprint density at radius 2 is 2.00 bits per heavy atom. The van der Waals surface area contributed by atoms with Crippen LogP contribution in [0.4, 0.5) is 5.69 Å². The van der Waals surface area contributed by atoms with Gasteiger partial charge in [-0.2, -0.15) is 0 Å². The topological polar surface area (TPSA) is 49.6 Å². The van der Waals surface area contributed by atoms with Crippen molar-refractivity contribution in [1.29, 1.82) is 0 Å². The maximum atomic E-state index is 12.4. The molecule has 0 radical (unpaired) electrons. The molecule has 0 saturated carbocycles. The van der Waals surface area contributed by atoms with Crippen LogP contribution in [-0.2, 0) is 4.79 Å². The molecule has 2 rings (SSSR count). The molecule has 1 fully saturated rings. The van der Waals surface area contributed by atoms with Crippen LogP contribution >= 0.6 is 0 Å².